The van der Waals surface area contributed by atoms with Crippen LogP contribution in [0.3, 0.4) is 0 Å². The molecule has 0 aromatic heterocycles. The normalized spacial score (nSPS) is 17.0. The molecule has 0 amide bonds. The van der Waals surface area contributed by atoms with E-state index < -0.39 is 0 Å². The van der Waals surface area contributed by atoms with E-state index in [1.165, 1.54) is 5.56 Å². The topological polar surface area (TPSA) is 44.5 Å². The Balaban J connectivity index is 1.87. The fourth-order valence-corrected chi connectivity index (χ4v) is 2.62. The molecule has 0 radical (unpaired) electrons. The number of halogens is 1. The van der Waals surface area contributed by atoms with Crippen LogP contribution in [0.1, 0.15) is 25.3 Å². The summed E-state index contributed by atoms with van der Waals surface area (Å²) in [7, 11) is 0. The highest BCUT2D eigenvalue weighted by Gasteiger charge is 2.34. The van der Waals surface area contributed by atoms with Crippen molar-refractivity contribution in [2.45, 2.75) is 26.2 Å². The molecule has 1 aliphatic rings. The van der Waals surface area contributed by atoms with E-state index in [-0.39, 0.29) is 5.41 Å². The summed E-state index contributed by atoms with van der Waals surface area (Å²) >= 11 is 3.58. The quantitative estimate of drug-likeness (QED) is 0.782. The molecule has 1 heterocycles. The first-order valence-corrected chi connectivity index (χ1v) is 7.61. The average molecular weight is 328 g/mol. The molecule has 106 valence electrons. The van der Waals surface area contributed by atoms with Crippen LogP contribution in [-0.4, -0.2) is 26.4 Å². The van der Waals surface area contributed by atoms with Crippen LogP contribution in [0.2, 0.25) is 0 Å². The fraction of sp³-hybridized carbons (Fsp3) is 0.600. The second-order valence-corrected chi connectivity index (χ2v) is 6.46. The molecule has 2 rings (SSSR count). The van der Waals surface area contributed by atoms with Crippen LogP contribution in [0.15, 0.2) is 22.7 Å². The minimum absolute atomic E-state index is 0.180. The summed E-state index contributed by atoms with van der Waals surface area (Å²) < 4.78 is 12.1. The van der Waals surface area contributed by atoms with Gasteiger partial charge in [0.15, 0.2) is 0 Å². The van der Waals surface area contributed by atoms with Gasteiger partial charge in [-0.3, -0.25) is 0 Å². The van der Waals surface area contributed by atoms with E-state index in [4.69, 9.17) is 15.2 Å². The molecule has 0 spiro atoms. The maximum Gasteiger partial charge on any atom is 0.133 e. The van der Waals surface area contributed by atoms with E-state index in [0.717, 1.165) is 49.2 Å². The smallest absolute Gasteiger partial charge is 0.133 e. The van der Waals surface area contributed by atoms with Crippen LogP contribution in [0.5, 0.6) is 5.75 Å². The zero-order chi connectivity index (χ0) is 13.7. The van der Waals surface area contributed by atoms with Gasteiger partial charge in [0.1, 0.15) is 5.75 Å². The molecule has 0 saturated carbocycles. The molecule has 0 bridgehead atoms. The summed E-state index contributed by atoms with van der Waals surface area (Å²) in [6.45, 7) is 5.25. The molecule has 0 aliphatic carbocycles. The number of benzene rings is 1. The lowest BCUT2D eigenvalue weighted by Crippen LogP contribution is -2.44. The third kappa shape index (κ3) is 4.20. The van der Waals surface area contributed by atoms with Gasteiger partial charge in [-0.25, -0.2) is 0 Å². The summed E-state index contributed by atoms with van der Waals surface area (Å²) in [6, 6.07) is 6.33. The lowest BCUT2D eigenvalue weighted by Gasteiger charge is -2.37. The average Bonchev–Trinajstić information content (AvgIpc) is 2.36. The monoisotopic (exact) mass is 327 g/mol. The summed E-state index contributed by atoms with van der Waals surface area (Å²) in [4.78, 5) is 0. The van der Waals surface area contributed by atoms with Crippen LogP contribution in [-0.2, 0) is 11.2 Å². The van der Waals surface area contributed by atoms with E-state index in [9.17, 15) is 0 Å². The molecule has 1 saturated heterocycles. The molecule has 1 aromatic rings. The Morgan fingerprint density at radius 2 is 2.16 bits per heavy atom. The summed E-state index contributed by atoms with van der Waals surface area (Å²) in [5, 5.41) is 0. The maximum atomic E-state index is 5.88. The van der Waals surface area contributed by atoms with Gasteiger partial charge in [0, 0.05) is 5.41 Å². The molecular weight excluding hydrogens is 306 g/mol. The minimum atomic E-state index is 0.180. The van der Waals surface area contributed by atoms with Gasteiger partial charge in [0.25, 0.3) is 0 Å². The number of unbranched alkanes of at least 4 members (excludes halogenated alkanes) is 1. The van der Waals surface area contributed by atoms with E-state index >= 15 is 0 Å². The number of aryl methyl sites for hydroxylation is 1. The second kappa shape index (κ2) is 6.73. The van der Waals surface area contributed by atoms with Crippen molar-refractivity contribution < 1.29 is 9.47 Å². The van der Waals surface area contributed by atoms with Gasteiger partial charge >= 0.3 is 0 Å². The number of hydrogen-bond donors (Lipinski definition) is 1. The lowest BCUT2D eigenvalue weighted by molar-refractivity contribution is -0.120. The molecule has 0 unspecified atom stereocenters. The Bertz CT molecular complexity index is 419. The first-order chi connectivity index (χ1) is 9.13. The summed E-state index contributed by atoms with van der Waals surface area (Å²) in [5.74, 6) is 0.913. The highest BCUT2D eigenvalue weighted by molar-refractivity contribution is 9.10. The first-order valence-electron chi connectivity index (χ1n) is 6.82. The van der Waals surface area contributed by atoms with E-state index in [1.54, 1.807) is 0 Å². The molecule has 1 fully saturated rings. The number of rotatable bonds is 7. The first kappa shape index (κ1) is 14.8. The highest BCUT2D eigenvalue weighted by Crippen LogP contribution is 2.31. The van der Waals surface area contributed by atoms with Crippen molar-refractivity contribution >= 4 is 15.9 Å². The summed E-state index contributed by atoms with van der Waals surface area (Å²) in [5.41, 5.74) is 7.01. The standard InChI is InChI=1S/C15H22BrNO2/c1-15(9-18-10-15)11-19-14-6-5-12(8-13(14)16)4-2-3-7-17/h5-6,8H,2-4,7,9-11,17H2,1H3. The number of hydrogen-bond acceptors (Lipinski definition) is 3. The van der Waals surface area contributed by atoms with Crippen LogP contribution in [0.4, 0.5) is 0 Å². The van der Waals surface area contributed by atoms with Crippen molar-refractivity contribution in [1.29, 1.82) is 0 Å². The third-order valence-electron chi connectivity index (χ3n) is 3.39. The van der Waals surface area contributed by atoms with Crippen molar-refractivity contribution in [3.8, 4) is 5.75 Å². The maximum absolute atomic E-state index is 5.88. The van der Waals surface area contributed by atoms with Crippen molar-refractivity contribution in [1.82, 2.24) is 0 Å². The predicted octanol–water partition coefficient (Wildman–Crippen LogP) is 3.15. The van der Waals surface area contributed by atoms with Gasteiger partial charge in [-0.05, 0) is 59.4 Å². The molecule has 0 atom stereocenters. The molecule has 1 aromatic carbocycles. The van der Waals surface area contributed by atoms with Crippen LogP contribution >= 0.6 is 15.9 Å². The van der Waals surface area contributed by atoms with Crippen molar-refractivity contribution in [3.63, 3.8) is 0 Å². The van der Waals surface area contributed by atoms with E-state index in [2.05, 4.69) is 35.0 Å². The molecule has 2 N–H and O–H groups in total. The molecule has 4 heteroatoms. The van der Waals surface area contributed by atoms with Crippen molar-refractivity contribution in [2.75, 3.05) is 26.4 Å². The van der Waals surface area contributed by atoms with Crippen LogP contribution < -0.4 is 10.5 Å². The molecule has 1 aliphatic heterocycles. The van der Waals surface area contributed by atoms with Gasteiger partial charge in [-0.2, -0.15) is 0 Å². The SMILES string of the molecule is CC1(COc2ccc(CCCCN)cc2Br)COC1. The second-order valence-electron chi connectivity index (χ2n) is 5.60. The van der Waals surface area contributed by atoms with E-state index in [1.807, 2.05) is 6.07 Å². The van der Waals surface area contributed by atoms with Gasteiger partial charge in [-0.15, -0.1) is 0 Å². The molecular formula is C15H22BrNO2. The van der Waals surface area contributed by atoms with Crippen LogP contribution in [0, 0.1) is 5.41 Å². The van der Waals surface area contributed by atoms with Gasteiger partial charge in [0.05, 0.1) is 24.3 Å². The van der Waals surface area contributed by atoms with Gasteiger partial charge in [-0.1, -0.05) is 13.0 Å². The van der Waals surface area contributed by atoms with Crippen molar-refractivity contribution in [2.24, 2.45) is 11.1 Å². The lowest BCUT2D eigenvalue weighted by atomic mass is 9.90. The Kier molecular flexibility index (Phi) is 5.25. The fourth-order valence-electron chi connectivity index (χ4n) is 2.08. The highest BCUT2D eigenvalue weighted by atomic mass is 79.9. The van der Waals surface area contributed by atoms with Gasteiger partial charge in [0.2, 0.25) is 0 Å². The Morgan fingerprint density at radius 1 is 1.37 bits per heavy atom. The largest absolute Gasteiger partial charge is 0.492 e. The number of ether oxygens (including phenoxy) is 2. The zero-order valence-corrected chi connectivity index (χ0v) is 13.0. The van der Waals surface area contributed by atoms with E-state index in [0.29, 0.717) is 6.61 Å². The number of nitrogens with two attached hydrogens (primary N) is 1. The predicted molar refractivity (Wildman–Crippen MR) is 80.6 cm³/mol. The summed E-state index contributed by atoms with van der Waals surface area (Å²) in [6.07, 6.45) is 3.29. The van der Waals surface area contributed by atoms with Gasteiger partial charge < -0.3 is 15.2 Å². The Morgan fingerprint density at radius 3 is 2.74 bits per heavy atom. The molecule has 3 nitrogen and oxygen atoms in total. The van der Waals surface area contributed by atoms with Crippen LogP contribution in [0.25, 0.3) is 0 Å². The molecule has 19 heavy (non-hydrogen) atoms. The van der Waals surface area contributed by atoms with Crippen molar-refractivity contribution in [3.05, 3.63) is 28.2 Å². The third-order valence-corrected chi connectivity index (χ3v) is 4.01. The zero-order valence-electron chi connectivity index (χ0n) is 11.5. The Hall–Kier alpha value is -0.580. The Labute approximate surface area is 123 Å². The minimum Gasteiger partial charge on any atom is -0.492 e.